The zero-order valence-corrected chi connectivity index (χ0v) is 10.1. The quantitative estimate of drug-likeness (QED) is 0.401. The van der Waals surface area contributed by atoms with E-state index >= 15 is 0 Å². The van der Waals surface area contributed by atoms with Crippen LogP contribution in [0.25, 0.3) is 0 Å². The molecule has 0 heterocycles. The predicted molar refractivity (Wildman–Crippen MR) is 39.1 cm³/mol. The summed E-state index contributed by atoms with van der Waals surface area (Å²) < 4.78 is 43.9. The van der Waals surface area contributed by atoms with E-state index in [-0.39, 0.29) is 29.6 Å². The van der Waals surface area contributed by atoms with Crippen molar-refractivity contribution >= 4 is 10.1 Å². The molecule has 1 aromatic rings. The van der Waals surface area contributed by atoms with Crippen molar-refractivity contribution in [1.82, 2.24) is 0 Å². The van der Waals surface area contributed by atoms with E-state index < -0.39 is 20.8 Å². The Morgan fingerprint density at radius 2 is 1.92 bits per heavy atom. The van der Waals surface area contributed by atoms with Crippen LogP contribution in [0.5, 0.6) is 0 Å². The van der Waals surface area contributed by atoms with Gasteiger partial charge < -0.3 is 4.55 Å². The monoisotopic (exact) mass is 212 g/mol. The van der Waals surface area contributed by atoms with E-state index in [0.717, 1.165) is 12.1 Å². The molecule has 13 heavy (non-hydrogen) atoms. The second kappa shape index (κ2) is 4.52. The van der Waals surface area contributed by atoms with Crippen molar-refractivity contribution in [3.8, 4) is 0 Å². The molecule has 1 rings (SSSR count). The first-order valence-electron chi connectivity index (χ1n) is 3.13. The van der Waals surface area contributed by atoms with E-state index in [9.17, 15) is 17.4 Å². The predicted octanol–water partition coefficient (Wildman–Crippen LogP) is -1.96. The molecule has 0 bridgehead atoms. The molecule has 0 spiro atoms. The first kappa shape index (κ1) is 13.1. The molecule has 66 valence electrons. The molecule has 6 heteroatoms. The first-order valence-corrected chi connectivity index (χ1v) is 4.54. The van der Waals surface area contributed by atoms with Gasteiger partial charge >= 0.3 is 29.6 Å². The van der Waals surface area contributed by atoms with Gasteiger partial charge in [0.15, 0.2) is 0 Å². The van der Waals surface area contributed by atoms with Crippen LogP contribution < -0.4 is 29.6 Å². The number of halogens is 1. The van der Waals surface area contributed by atoms with E-state index in [0.29, 0.717) is 5.56 Å². The van der Waals surface area contributed by atoms with Crippen LogP contribution in [-0.4, -0.2) is 13.0 Å². The third kappa shape index (κ3) is 3.36. The van der Waals surface area contributed by atoms with Crippen LogP contribution in [0.1, 0.15) is 5.56 Å². The molecule has 0 fully saturated rings. The number of aryl methyl sites for hydroxylation is 1. The zero-order valence-electron chi connectivity index (χ0n) is 7.24. The largest absolute Gasteiger partial charge is 1.00 e. The van der Waals surface area contributed by atoms with Crippen molar-refractivity contribution in [2.24, 2.45) is 0 Å². The standard InChI is InChI=1S/C7H7FO3S.Na/c1-5-2-3-6(8)7(4-5)12(9,10)11;/h2-4H,1H3,(H,9,10,11);/q;+1/p-1. The minimum Gasteiger partial charge on any atom is -0.744 e. The molecule has 1 aromatic carbocycles. The maximum atomic E-state index is 12.7. The van der Waals surface area contributed by atoms with E-state index in [1.807, 2.05) is 0 Å². The van der Waals surface area contributed by atoms with Crippen LogP contribution in [0.3, 0.4) is 0 Å². The summed E-state index contributed by atoms with van der Waals surface area (Å²) in [6.45, 7) is 1.58. The number of benzene rings is 1. The molecule has 0 N–H and O–H groups in total. The molecule has 0 radical (unpaired) electrons. The minimum atomic E-state index is -4.68. The van der Waals surface area contributed by atoms with Crippen molar-refractivity contribution in [3.05, 3.63) is 29.6 Å². The van der Waals surface area contributed by atoms with Crippen LogP contribution in [0.4, 0.5) is 4.39 Å². The first-order chi connectivity index (χ1) is 5.41. The van der Waals surface area contributed by atoms with Gasteiger partial charge in [-0.3, -0.25) is 0 Å². The van der Waals surface area contributed by atoms with Gasteiger partial charge in [-0.1, -0.05) is 6.07 Å². The van der Waals surface area contributed by atoms with Gasteiger partial charge in [0.1, 0.15) is 15.9 Å². The molecule has 0 aromatic heterocycles. The van der Waals surface area contributed by atoms with Crippen molar-refractivity contribution in [1.29, 1.82) is 0 Å². The number of hydrogen-bond acceptors (Lipinski definition) is 3. The topological polar surface area (TPSA) is 57.2 Å². The Balaban J connectivity index is 0.00000144. The molecule has 0 aliphatic carbocycles. The fourth-order valence-corrected chi connectivity index (χ4v) is 1.44. The number of hydrogen-bond donors (Lipinski definition) is 0. The second-order valence-corrected chi connectivity index (χ2v) is 3.74. The Kier molecular flexibility index (Phi) is 4.54. The molecular formula is C7H6FNaO3S. The molecular weight excluding hydrogens is 206 g/mol. The Hall–Kier alpha value is 0.0600. The normalized spacial score (nSPS) is 10.7. The molecule has 0 saturated carbocycles. The third-order valence-corrected chi connectivity index (χ3v) is 2.21. The Bertz CT molecular complexity index is 402. The van der Waals surface area contributed by atoms with E-state index in [2.05, 4.69) is 0 Å². The van der Waals surface area contributed by atoms with Crippen molar-refractivity contribution in [3.63, 3.8) is 0 Å². The van der Waals surface area contributed by atoms with Crippen LogP contribution >= 0.6 is 0 Å². The fraction of sp³-hybridized carbons (Fsp3) is 0.143. The Morgan fingerprint density at radius 1 is 1.38 bits per heavy atom. The summed E-state index contributed by atoms with van der Waals surface area (Å²) in [6, 6.07) is 3.36. The van der Waals surface area contributed by atoms with Gasteiger partial charge in [-0.05, 0) is 24.6 Å². The summed E-state index contributed by atoms with van der Waals surface area (Å²) in [7, 11) is -4.68. The molecule has 0 aliphatic heterocycles. The van der Waals surface area contributed by atoms with Gasteiger partial charge in [-0.15, -0.1) is 0 Å². The number of rotatable bonds is 1. The fourth-order valence-electron chi connectivity index (χ4n) is 0.802. The van der Waals surface area contributed by atoms with Gasteiger partial charge in [0.25, 0.3) is 0 Å². The van der Waals surface area contributed by atoms with Crippen molar-refractivity contribution < 1.29 is 46.9 Å². The maximum absolute atomic E-state index is 12.7. The minimum absolute atomic E-state index is 0. The Morgan fingerprint density at radius 3 is 2.31 bits per heavy atom. The van der Waals surface area contributed by atoms with Gasteiger partial charge in [0, 0.05) is 0 Å². The molecule has 0 saturated heterocycles. The smallest absolute Gasteiger partial charge is 0.744 e. The molecule has 0 aliphatic rings. The molecule has 0 unspecified atom stereocenters. The SMILES string of the molecule is Cc1ccc(F)c(S(=O)(=O)[O-])c1.[Na+]. The Labute approximate surface area is 98.0 Å². The summed E-state index contributed by atoms with van der Waals surface area (Å²) in [6.07, 6.45) is 0. The van der Waals surface area contributed by atoms with Gasteiger partial charge in [-0.2, -0.15) is 0 Å². The molecule has 0 amide bonds. The average molecular weight is 212 g/mol. The summed E-state index contributed by atoms with van der Waals surface area (Å²) in [5.74, 6) is -1.00. The summed E-state index contributed by atoms with van der Waals surface area (Å²) in [5.41, 5.74) is 0.533. The van der Waals surface area contributed by atoms with Crippen molar-refractivity contribution in [2.45, 2.75) is 11.8 Å². The van der Waals surface area contributed by atoms with Crippen LogP contribution in [0.15, 0.2) is 23.1 Å². The van der Waals surface area contributed by atoms with Crippen LogP contribution in [0, 0.1) is 12.7 Å². The van der Waals surface area contributed by atoms with E-state index in [4.69, 9.17) is 0 Å². The van der Waals surface area contributed by atoms with Gasteiger partial charge in [-0.25, -0.2) is 12.8 Å². The van der Waals surface area contributed by atoms with Crippen LogP contribution in [-0.2, 0) is 10.1 Å². The average Bonchev–Trinajstić information content (AvgIpc) is 1.92. The summed E-state index contributed by atoms with van der Waals surface area (Å²) in [5, 5.41) is 0. The van der Waals surface area contributed by atoms with Gasteiger partial charge in [0.05, 0.1) is 4.90 Å². The molecule has 3 nitrogen and oxygen atoms in total. The molecule has 0 atom stereocenters. The summed E-state index contributed by atoms with van der Waals surface area (Å²) >= 11 is 0. The van der Waals surface area contributed by atoms with E-state index in [1.165, 1.54) is 6.07 Å². The van der Waals surface area contributed by atoms with Gasteiger partial charge in [0.2, 0.25) is 0 Å². The second-order valence-electron chi connectivity index (χ2n) is 2.39. The zero-order chi connectivity index (χ0) is 9.35. The third-order valence-electron chi connectivity index (χ3n) is 1.36. The van der Waals surface area contributed by atoms with Crippen LogP contribution in [0.2, 0.25) is 0 Å². The van der Waals surface area contributed by atoms with E-state index in [1.54, 1.807) is 6.92 Å². The summed E-state index contributed by atoms with van der Waals surface area (Å²) in [4.78, 5) is -0.789. The maximum Gasteiger partial charge on any atom is 1.00 e. The van der Waals surface area contributed by atoms with Crippen molar-refractivity contribution in [2.75, 3.05) is 0 Å².